The minimum atomic E-state index is -0.636. The zero-order chi connectivity index (χ0) is 13.5. The second kappa shape index (κ2) is 4.17. The van der Waals surface area contributed by atoms with Crippen LogP contribution in [0.3, 0.4) is 0 Å². The molecule has 4 nitrogen and oxygen atoms in total. The van der Waals surface area contributed by atoms with Gasteiger partial charge in [-0.15, -0.1) is 0 Å². The Bertz CT molecular complexity index is 639. The first-order valence-corrected chi connectivity index (χ1v) is 6.03. The summed E-state index contributed by atoms with van der Waals surface area (Å²) in [4.78, 5) is 14.8. The third-order valence-corrected chi connectivity index (χ3v) is 3.64. The Balaban J connectivity index is 2.18. The monoisotopic (exact) mass is 255 g/mol. The molecule has 96 valence electrons. The largest absolute Gasteiger partial charge is 0.505 e. The summed E-state index contributed by atoms with van der Waals surface area (Å²) in [5.74, 6) is -0.0767. The van der Waals surface area contributed by atoms with Gasteiger partial charge in [-0.1, -0.05) is 30.3 Å². The third kappa shape index (κ3) is 1.64. The van der Waals surface area contributed by atoms with Gasteiger partial charge >= 0.3 is 0 Å². The molecule has 1 N–H and O–H groups in total. The molecule has 19 heavy (non-hydrogen) atoms. The molecule has 0 spiro atoms. The molecule has 2 aromatic rings. The molecule has 0 radical (unpaired) electrons. The van der Waals surface area contributed by atoms with Crippen molar-refractivity contribution < 1.29 is 14.6 Å². The molecule has 1 aliphatic rings. The highest BCUT2D eigenvalue weighted by atomic mass is 16.5. The molecule has 2 heterocycles. The fourth-order valence-corrected chi connectivity index (χ4v) is 2.49. The maximum atomic E-state index is 10.8. The van der Waals surface area contributed by atoms with E-state index >= 15 is 0 Å². The molecular weight excluding hydrogens is 242 g/mol. The average Bonchev–Trinajstić information content (AvgIpc) is 2.80. The number of nitrogens with zero attached hydrogens (tertiary/aromatic N) is 1. The van der Waals surface area contributed by atoms with Crippen molar-refractivity contribution in [1.29, 1.82) is 0 Å². The Morgan fingerprint density at radius 1 is 1.37 bits per heavy atom. The lowest BCUT2D eigenvalue weighted by molar-refractivity contribution is 0.00934. The van der Waals surface area contributed by atoms with Gasteiger partial charge in [0.05, 0.1) is 6.61 Å². The lowest BCUT2D eigenvalue weighted by atomic mass is 9.88. The molecular formula is C15H13NO3. The molecule has 1 aliphatic heterocycles. The predicted octanol–water partition coefficient (Wildman–Crippen LogP) is 2.39. The van der Waals surface area contributed by atoms with Crippen molar-refractivity contribution in [1.82, 2.24) is 4.98 Å². The number of ether oxygens (including phenoxy) is 1. The molecule has 0 amide bonds. The maximum absolute atomic E-state index is 10.8. The van der Waals surface area contributed by atoms with Crippen molar-refractivity contribution >= 4 is 6.29 Å². The van der Waals surface area contributed by atoms with E-state index < -0.39 is 5.60 Å². The number of pyridine rings is 1. The summed E-state index contributed by atoms with van der Waals surface area (Å²) in [5, 5.41) is 10.0. The van der Waals surface area contributed by atoms with E-state index in [0.29, 0.717) is 11.8 Å². The van der Waals surface area contributed by atoms with Crippen LogP contribution in [-0.4, -0.2) is 16.4 Å². The van der Waals surface area contributed by atoms with Crippen LogP contribution in [0.15, 0.2) is 36.5 Å². The normalized spacial score (nSPS) is 21.1. The van der Waals surface area contributed by atoms with E-state index in [1.165, 1.54) is 0 Å². The fraction of sp³-hybridized carbons (Fsp3) is 0.200. The average molecular weight is 255 g/mol. The van der Waals surface area contributed by atoms with Gasteiger partial charge in [0.25, 0.3) is 0 Å². The molecule has 1 atom stereocenters. The van der Waals surface area contributed by atoms with Gasteiger partial charge in [-0.25, -0.2) is 4.98 Å². The molecule has 0 fully saturated rings. The van der Waals surface area contributed by atoms with E-state index in [4.69, 9.17) is 4.74 Å². The molecule has 0 bridgehead atoms. The Morgan fingerprint density at radius 3 is 2.79 bits per heavy atom. The summed E-state index contributed by atoms with van der Waals surface area (Å²) in [7, 11) is 0. The van der Waals surface area contributed by atoms with Gasteiger partial charge in [-0.05, 0) is 12.5 Å². The van der Waals surface area contributed by atoms with Crippen molar-refractivity contribution in [3.63, 3.8) is 0 Å². The smallest absolute Gasteiger partial charge is 0.172 e. The molecule has 0 aliphatic carbocycles. The van der Waals surface area contributed by atoms with Crippen molar-refractivity contribution in [2.45, 2.75) is 19.1 Å². The minimum absolute atomic E-state index is 0.0552. The Hall–Kier alpha value is -2.20. The SMILES string of the molecule is CC1(c2ccccc2)OCc2c1cnc(C=O)c2O. The standard InChI is InChI=1S/C15H13NO3/c1-15(10-5-3-2-4-6-10)12-7-16-13(8-17)14(18)11(12)9-19-15/h2-8,18H,9H2,1H3. The third-order valence-electron chi connectivity index (χ3n) is 3.64. The number of hydrogen-bond donors (Lipinski definition) is 1. The van der Waals surface area contributed by atoms with Gasteiger partial charge in [0.1, 0.15) is 11.3 Å². The van der Waals surface area contributed by atoms with Gasteiger partial charge in [0, 0.05) is 17.3 Å². The Labute approximate surface area is 110 Å². The number of aromatic hydroxyl groups is 1. The van der Waals surface area contributed by atoms with Gasteiger partial charge < -0.3 is 9.84 Å². The van der Waals surface area contributed by atoms with E-state index in [1.807, 2.05) is 37.3 Å². The summed E-state index contributed by atoms with van der Waals surface area (Å²) < 4.78 is 5.86. The number of hydrogen-bond acceptors (Lipinski definition) is 4. The number of benzene rings is 1. The van der Waals surface area contributed by atoms with Crippen molar-refractivity contribution in [2.75, 3.05) is 0 Å². The van der Waals surface area contributed by atoms with Crippen LogP contribution in [0.4, 0.5) is 0 Å². The number of carbonyl (C=O) groups is 1. The zero-order valence-corrected chi connectivity index (χ0v) is 10.5. The number of fused-ring (bicyclic) bond motifs is 1. The van der Waals surface area contributed by atoms with Gasteiger partial charge in [0.15, 0.2) is 12.0 Å². The van der Waals surface area contributed by atoms with E-state index in [-0.39, 0.29) is 18.1 Å². The minimum Gasteiger partial charge on any atom is -0.505 e. The topological polar surface area (TPSA) is 59.4 Å². The van der Waals surface area contributed by atoms with E-state index in [9.17, 15) is 9.90 Å². The quantitative estimate of drug-likeness (QED) is 0.837. The first kappa shape index (κ1) is 11.9. The van der Waals surface area contributed by atoms with Crippen LogP contribution < -0.4 is 0 Å². The summed E-state index contributed by atoms with van der Waals surface area (Å²) in [5.41, 5.74) is 1.86. The molecule has 1 aromatic heterocycles. The zero-order valence-electron chi connectivity index (χ0n) is 10.5. The molecule has 0 saturated carbocycles. The van der Waals surface area contributed by atoms with Gasteiger partial charge in [-0.3, -0.25) is 4.79 Å². The van der Waals surface area contributed by atoms with Crippen molar-refractivity contribution in [3.05, 3.63) is 58.9 Å². The molecule has 1 aromatic carbocycles. The van der Waals surface area contributed by atoms with Gasteiger partial charge in [-0.2, -0.15) is 0 Å². The van der Waals surface area contributed by atoms with Crippen molar-refractivity contribution in [3.8, 4) is 5.75 Å². The van der Waals surface area contributed by atoms with Crippen LogP contribution in [0, 0.1) is 0 Å². The lowest BCUT2D eigenvalue weighted by Crippen LogP contribution is -2.22. The second-order valence-electron chi connectivity index (χ2n) is 4.69. The first-order valence-electron chi connectivity index (χ1n) is 6.03. The van der Waals surface area contributed by atoms with E-state index in [1.54, 1.807) is 6.20 Å². The number of rotatable bonds is 2. The van der Waals surface area contributed by atoms with Crippen LogP contribution >= 0.6 is 0 Å². The van der Waals surface area contributed by atoms with E-state index in [0.717, 1.165) is 11.1 Å². The molecule has 4 heteroatoms. The van der Waals surface area contributed by atoms with Crippen LogP contribution in [0.5, 0.6) is 5.75 Å². The van der Waals surface area contributed by atoms with Crippen LogP contribution in [-0.2, 0) is 16.9 Å². The highest BCUT2D eigenvalue weighted by molar-refractivity contribution is 5.77. The number of aromatic nitrogens is 1. The Kier molecular flexibility index (Phi) is 2.61. The molecule has 0 saturated heterocycles. The number of carbonyl (C=O) groups excluding carboxylic acids is 1. The first-order chi connectivity index (χ1) is 9.16. The fourth-order valence-electron chi connectivity index (χ4n) is 2.49. The maximum Gasteiger partial charge on any atom is 0.172 e. The van der Waals surface area contributed by atoms with Crippen molar-refractivity contribution in [2.24, 2.45) is 0 Å². The second-order valence-corrected chi connectivity index (χ2v) is 4.69. The van der Waals surface area contributed by atoms with E-state index in [2.05, 4.69) is 4.98 Å². The lowest BCUT2D eigenvalue weighted by Gasteiger charge is -2.25. The summed E-state index contributed by atoms with van der Waals surface area (Å²) >= 11 is 0. The van der Waals surface area contributed by atoms with Crippen LogP contribution in [0.1, 0.15) is 34.1 Å². The molecule has 1 unspecified atom stereocenters. The number of aldehydes is 1. The summed E-state index contributed by atoms with van der Waals surface area (Å²) in [6, 6.07) is 9.76. The highest BCUT2D eigenvalue weighted by Gasteiger charge is 2.39. The Morgan fingerprint density at radius 2 is 2.11 bits per heavy atom. The van der Waals surface area contributed by atoms with Crippen LogP contribution in [0.2, 0.25) is 0 Å². The molecule has 3 rings (SSSR count). The predicted molar refractivity (Wildman–Crippen MR) is 69.0 cm³/mol. The van der Waals surface area contributed by atoms with Crippen LogP contribution in [0.25, 0.3) is 0 Å². The summed E-state index contributed by atoms with van der Waals surface area (Å²) in [6.07, 6.45) is 2.16. The van der Waals surface area contributed by atoms with Gasteiger partial charge in [0.2, 0.25) is 0 Å². The highest BCUT2D eigenvalue weighted by Crippen LogP contribution is 2.44. The summed E-state index contributed by atoms with van der Waals surface area (Å²) in [6.45, 7) is 2.21.